The molecule has 2 aliphatic rings. The third-order valence-corrected chi connectivity index (χ3v) is 6.19. The molecular weight excluding hydrogens is 336 g/mol. The van der Waals surface area contributed by atoms with Crippen molar-refractivity contribution >= 4 is 5.91 Å². The van der Waals surface area contributed by atoms with Crippen LogP contribution in [0.5, 0.6) is 0 Å². The number of hydrogen-bond acceptors (Lipinski definition) is 3. The van der Waals surface area contributed by atoms with Crippen molar-refractivity contribution in [1.29, 1.82) is 0 Å². The molecule has 0 N–H and O–H groups in total. The number of rotatable bonds is 6. The summed E-state index contributed by atoms with van der Waals surface area (Å²) in [6.45, 7) is 2.45. The van der Waals surface area contributed by atoms with Crippen LogP contribution in [0.3, 0.4) is 0 Å². The summed E-state index contributed by atoms with van der Waals surface area (Å²) in [6.07, 6.45) is 15.0. The maximum atomic E-state index is 12.7. The van der Waals surface area contributed by atoms with Crippen LogP contribution in [0.1, 0.15) is 68.8 Å². The highest BCUT2D eigenvalue weighted by atomic mass is 16.2. The van der Waals surface area contributed by atoms with Crippen molar-refractivity contribution in [2.75, 3.05) is 13.1 Å². The van der Waals surface area contributed by atoms with Gasteiger partial charge in [0.05, 0.1) is 12.2 Å². The molecule has 2 aromatic heterocycles. The summed E-state index contributed by atoms with van der Waals surface area (Å²) < 4.78 is 2.19. The van der Waals surface area contributed by atoms with Gasteiger partial charge in [-0.1, -0.05) is 31.7 Å². The van der Waals surface area contributed by atoms with Crippen LogP contribution in [0, 0.1) is 5.92 Å². The van der Waals surface area contributed by atoms with Crippen LogP contribution in [0.4, 0.5) is 0 Å². The highest BCUT2D eigenvalue weighted by Gasteiger charge is 2.28. The van der Waals surface area contributed by atoms with E-state index in [9.17, 15) is 4.79 Å². The SMILES string of the molecule is O=C(CCC1CCCC1)N1CCC[C@@H](c2nccn2Cc2ccccn2)C1. The normalized spacial score (nSPS) is 20.9. The average Bonchev–Trinajstić information content (AvgIpc) is 3.39. The van der Waals surface area contributed by atoms with Crippen molar-refractivity contribution in [2.45, 2.75) is 63.8 Å². The molecule has 1 saturated heterocycles. The van der Waals surface area contributed by atoms with Gasteiger partial charge in [0.1, 0.15) is 5.82 Å². The van der Waals surface area contributed by atoms with Gasteiger partial charge in [-0.2, -0.15) is 0 Å². The molecule has 0 unspecified atom stereocenters. The van der Waals surface area contributed by atoms with Gasteiger partial charge in [-0.15, -0.1) is 0 Å². The molecule has 1 aliphatic carbocycles. The molecule has 3 heterocycles. The first-order valence-electron chi connectivity index (χ1n) is 10.5. The summed E-state index contributed by atoms with van der Waals surface area (Å²) in [5.41, 5.74) is 1.04. The van der Waals surface area contributed by atoms with Gasteiger partial charge >= 0.3 is 0 Å². The smallest absolute Gasteiger partial charge is 0.222 e. The summed E-state index contributed by atoms with van der Waals surface area (Å²) >= 11 is 0. The van der Waals surface area contributed by atoms with Gasteiger partial charge in [0.15, 0.2) is 0 Å². The predicted molar refractivity (Wildman–Crippen MR) is 105 cm³/mol. The summed E-state index contributed by atoms with van der Waals surface area (Å²) in [5.74, 6) is 2.54. The second kappa shape index (κ2) is 8.68. The monoisotopic (exact) mass is 366 g/mol. The molecule has 2 aromatic rings. The van der Waals surface area contributed by atoms with E-state index >= 15 is 0 Å². The lowest BCUT2D eigenvalue weighted by atomic mass is 9.95. The van der Waals surface area contributed by atoms with Gasteiger partial charge < -0.3 is 9.47 Å². The molecule has 0 spiro atoms. The fraction of sp³-hybridized carbons (Fsp3) is 0.591. The number of imidazole rings is 1. The third-order valence-electron chi connectivity index (χ3n) is 6.19. The number of carbonyl (C=O) groups is 1. The molecule has 1 saturated carbocycles. The Morgan fingerprint density at radius 1 is 1.07 bits per heavy atom. The molecule has 0 bridgehead atoms. The Morgan fingerprint density at radius 3 is 2.78 bits per heavy atom. The molecule has 144 valence electrons. The lowest BCUT2D eigenvalue weighted by Gasteiger charge is -2.33. The van der Waals surface area contributed by atoms with Crippen molar-refractivity contribution in [2.24, 2.45) is 5.92 Å². The zero-order valence-electron chi connectivity index (χ0n) is 16.1. The highest BCUT2D eigenvalue weighted by Crippen LogP contribution is 2.30. The van der Waals surface area contributed by atoms with Gasteiger partial charge in [-0.05, 0) is 37.3 Å². The first kappa shape index (κ1) is 18.2. The van der Waals surface area contributed by atoms with E-state index in [0.717, 1.165) is 62.8 Å². The maximum Gasteiger partial charge on any atom is 0.222 e. The molecule has 0 aromatic carbocycles. The van der Waals surface area contributed by atoms with E-state index in [-0.39, 0.29) is 0 Å². The Hall–Kier alpha value is -2.17. The van der Waals surface area contributed by atoms with E-state index < -0.39 is 0 Å². The number of likely N-dealkylation sites (tertiary alicyclic amines) is 1. The van der Waals surface area contributed by atoms with E-state index in [0.29, 0.717) is 11.8 Å². The fourth-order valence-corrected chi connectivity index (χ4v) is 4.68. The molecule has 5 heteroatoms. The van der Waals surface area contributed by atoms with E-state index in [1.807, 2.05) is 36.8 Å². The Kier molecular flexibility index (Phi) is 5.85. The van der Waals surface area contributed by atoms with Gasteiger partial charge in [-0.3, -0.25) is 9.78 Å². The van der Waals surface area contributed by atoms with Crippen LogP contribution in [-0.4, -0.2) is 38.4 Å². The number of piperidine rings is 1. The maximum absolute atomic E-state index is 12.7. The van der Waals surface area contributed by atoms with Gasteiger partial charge in [-0.25, -0.2) is 4.98 Å². The summed E-state index contributed by atoms with van der Waals surface area (Å²) in [5, 5.41) is 0. The molecule has 27 heavy (non-hydrogen) atoms. The van der Waals surface area contributed by atoms with Crippen LogP contribution in [0.15, 0.2) is 36.8 Å². The highest BCUT2D eigenvalue weighted by molar-refractivity contribution is 5.76. The van der Waals surface area contributed by atoms with Gasteiger partial charge in [0, 0.05) is 44.0 Å². The van der Waals surface area contributed by atoms with Crippen LogP contribution in [-0.2, 0) is 11.3 Å². The van der Waals surface area contributed by atoms with Crippen LogP contribution < -0.4 is 0 Å². The molecule has 1 amide bonds. The summed E-state index contributed by atoms with van der Waals surface area (Å²) in [6, 6.07) is 6.00. The molecule has 1 aliphatic heterocycles. The van der Waals surface area contributed by atoms with E-state index in [1.54, 1.807) is 0 Å². The molecule has 0 radical (unpaired) electrons. The molecule has 5 nitrogen and oxygen atoms in total. The first-order valence-corrected chi connectivity index (χ1v) is 10.5. The topological polar surface area (TPSA) is 51.0 Å². The predicted octanol–water partition coefficient (Wildman–Crippen LogP) is 4.00. The average molecular weight is 367 g/mol. The number of pyridine rings is 1. The molecule has 1 atom stereocenters. The standard InChI is InChI=1S/C22H30N4O/c27-21(11-10-18-6-1-2-7-18)25-14-5-8-19(16-25)22-24-13-15-26(22)17-20-9-3-4-12-23-20/h3-4,9,12-13,15,18-19H,1-2,5-8,10-11,14,16-17H2/t19-/m1/s1. The van der Waals surface area contributed by atoms with Crippen molar-refractivity contribution in [3.05, 3.63) is 48.3 Å². The molecular formula is C22H30N4O. The minimum absolute atomic E-state index is 0.327. The Bertz CT molecular complexity index is 736. The van der Waals surface area contributed by atoms with E-state index in [1.165, 1.54) is 25.7 Å². The first-order chi connectivity index (χ1) is 13.3. The quantitative estimate of drug-likeness (QED) is 0.776. The number of amides is 1. The van der Waals surface area contributed by atoms with Crippen LogP contribution in [0.25, 0.3) is 0 Å². The lowest BCUT2D eigenvalue weighted by Crippen LogP contribution is -2.39. The van der Waals surface area contributed by atoms with Gasteiger partial charge in [0.25, 0.3) is 0 Å². The van der Waals surface area contributed by atoms with Crippen molar-refractivity contribution in [1.82, 2.24) is 19.4 Å². The Balaban J connectivity index is 1.37. The summed E-state index contributed by atoms with van der Waals surface area (Å²) in [7, 11) is 0. The minimum atomic E-state index is 0.327. The minimum Gasteiger partial charge on any atom is -0.342 e. The Morgan fingerprint density at radius 2 is 1.96 bits per heavy atom. The Labute approximate surface area is 161 Å². The van der Waals surface area contributed by atoms with Gasteiger partial charge in [0.2, 0.25) is 5.91 Å². The van der Waals surface area contributed by atoms with Crippen molar-refractivity contribution in [3.8, 4) is 0 Å². The lowest BCUT2D eigenvalue weighted by molar-refractivity contribution is -0.132. The second-order valence-corrected chi connectivity index (χ2v) is 8.10. The summed E-state index contributed by atoms with van der Waals surface area (Å²) in [4.78, 5) is 23.9. The number of nitrogens with zero attached hydrogens (tertiary/aromatic N) is 4. The third kappa shape index (κ3) is 4.57. The van der Waals surface area contributed by atoms with Crippen molar-refractivity contribution in [3.63, 3.8) is 0 Å². The molecule has 4 rings (SSSR count). The second-order valence-electron chi connectivity index (χ2n) is 8.10. The van der Waals surface area contributed by atoms with Crippen LogP contribution >= 0.6 is 0 Å². The zero-order chi connectivity index (χ0) is 18.5. The largest absolute Gasteiger partial charge is 0.342 e. The number of hydrogen-bond donors (Lipinski definition) is 0. The fourth-order valence-electron chi connectivity index (χ4n) is 4.68. The van der Waals surface area contributed by atoms with Crippen molar-refractivity contribution < 1.29 is 4.79 Å². The van der Waals surface area contributed by atoms with E-state index in [2.05, 4.69) is 19.4 Å². The van der Waals surface area contributed by atoms with E-state index in [4.69, 9.17) is 0 Å². The number of carbonyl (C=O) groups excluding carboxylic acids is 1. The number of aromatic nitrogens is 3. The molecule has 2 fully saturated rings. The van der Waals surface area contributed by atoms with Crippen LogP contribution in [0.2, 0.25) is 0 Å². The zero-order valence-corrected chi connectivity index (χ0v) is 16.1.